The van der Waals surface area contributed by atoms with E-state index in [0.717, 1.165) is 10.0 Å². The second kappa shape index (κ2) is 5.28. The summed E-state index contributed by atoms with van der Waals surface area (Å²) in [6.07, 6.45) is 1.46. The van der Waals surface area contributed by atoms with Gasteiger partial charge in [0.1, 0.15) is 0 Å². The van der Waals surface area contributed by atoms with Crippen LogP contribution in [-0.2, 0) is 10.0 Å². The van der Waals surface area contributed by atoms with Crippen molar-refractivity contribution in [3.8, 4) is 0 Å². The van der Waals surface area contributed by atoms with Gasteiger partial charge in [-0.15, -0.1) is 0 Å². The van der Waals surface area contributed by atoms with Crippen LogP contribution in [0.4, 0.5) is 0 Å². The molecule has 0 saturated heterocycles. The predicted molar refractivity (Wildman–Crippen MR) is 72.8 cm³/mol. The van der Waals surface area contributed by atoms with Crippen LogP contribution in [-0.4, -0.2) is 25.7 Å². The van der Waals surface area contributed by atoms with Gasteiger partial charge in [0.15, 0.2) is 0 Å². The molecule has 6 heteroatoms. The summed E-state index contributed by atoms with van der Waals surface area (Å²) >= 11 is 3.34. The van der Waals surface area contributed by atoms with Crippen LogP contribution in [0.1, 0.15) is 24.8 Å². The van der Waals surface area contributed by atoms with Gasteiger partial charge in [0.25, 0.3) is 0 Å². The minimum atomic E-state index is -3.49. The molecule has 100 valence electrons. The van der Waals surface area contributed by atoms with Crippen LogP contribution < -0.4 is 4.72 Å². The average Bonchev–Trinajstić information content (AvgIpc) is 2.67. The summed E-state index contributed by atoms with van der Waals surface area (Å²) in [6.45, 7) is 1.85. The van der Waals surface area contributed by atoms with Crippen molar-refractivity contribution in [1.82, 2.24) is 4.72 Å². The summed E-state index contributed by atoms with van der Waals surface area (Å²) in [5, 5.41) is 9.41. The Morgan fingerprint density at radius 2 is 2.11 bits per heavy atom. The number of hydrogen-bond donors (Lipinski definition) is 2. The molecule has 1 aliphatic carbocycles. The molecule has 1 saturated carbocycles. The van der Waals surface area contributed by atoms with E-state index in [1.54, 1.807) is 18.2 Å². The Balaban J connectivity index is 2.17. The van der Waals surface area contributed by atoms with Crippen molar-refractivity contribution in [3.05, 3.63) is 28.2 Å². The van der Waals surface area contributed by atoms with Gasteiger partial charge in [-0.05, 0) is 49.9 Å². The van der Waals surface area contributed by atoms with Gasteiger partial charge in [0.2, 0.25) is 10.0 Å². The van der Waals surface area contributed by atoms with Crippen LogP contribution in [0, 0.1) is 6.92 Å². The molecular formula is C12H16BrNO3S. The fourth-order valence-corrected chi connectivity index (χ4v) is 3.75. The van der Waals surface area contributed by atoms with E-state index < -0.39 is 10.0 Å². The summed E-state index contributed by atoms with van der Waals surface area (Å²) in [5.74, 6) is 0. The molecule has 0 amide bonds. The predicted octanol–water partition coefficient (Wildman–Crippen LogP) is 1.95. The number of aliphatic hydroxyl groups excluding tert-OH is 1. The molecule has 1 aromatic rings. The fraction of sp³-hybridized carbons (Fsp3) is 0.500. The number of benzene rings is 1. The van der Waals surface area contributed by atoms with Crippen LogP contribution in [0.3, 0.4) is 0 Å². The monoisotopic (exact) mass is 333 g/mol. The second-order valence-electron chi connectivity index (χ2n) is 4.70. The Kier molecular flexibility index (Phi) is 4.11. The van der Waals surface area contributed by atoms with Crippen molar-refractivity contribution >= 4 is 26.0 Å². The first kappa shape index (κ1) is 14.0. The summed E-state index contributed by atoms with van der Waals surface area (Å²) in [6, 6.07) is 4.78. The Labute approximate surface area is 116 Å². The highest BCUT2D eigenvalue weighted by atomic mass is 79.9. The van der Waals surface area contributed by atoms with E-state index >= 15 is 0 Å². The van der Waals surface area contributed by atoms with Gasteiger partial charge in [-0.3, -0.25) is 0 Å². The number of sulfonamides is 1. The zero-order valence-corrected chi connectivity index (χ0v) is 12.5. The van der Waals surface area contributed by atoms with E-state index in [2.05, 4.69) is 20.7 Å². The van der Waals surface area contributed by atoms with Crippen molar-refractivity contribution in [2.45, 2.75) is 43.2 Å². The molecule has 1 aromatic carbocycles. The lowest BCUT2D eigenvalue weighted by Crippen LogP contribution is -2.33. The molecule has 0 unspecified atom stereocenters. The van der Waals surface area contributed by atoms with Crippen molar-refractivity contribution < 1.29 is 13.5 Å². The molecule has 18 heavy (non-hydrogen) atoms. The lowest BCUT2D eigenvalue weighted by molar-refractivity contribution is 0.181. The molecular weight excluding hydrogens is 318 g/mol. The summed E-state index contributed by atoms with van der Waals surface area (Å²) in [7, 11) is -3.49. The Bertz CT molecular complexity index is 544. The molecule has 0 bridgehead atoms. The molecule has 0 aliphatic heterocycles. The standard InChI is InChI=1S/C12H16BrNO3S/c1-8-6-11(4-5-12(8)13)18(16,17)14-9-2-3-10(15)7-9/h4-6,9-10,14-15H,2-3,7H2,1H3/t9-,10+/m1/s1. The van der Waals surface area contributed by atoms with Crippen molar-refractivity contribution in [1.29, 1.82) is 0 Å². The van der Waals surface area contributed by atoms with E-state index in [1.165, 1.54) is 0 Å². The largest absolute Gasteiger partial charge is 0.393 e. The zero-order chi connectivity index (χ0) is 13.3. The first-order chi connectivity index (χ1) is 8.38. The molecule has 0 spiro atoms. The first-order valence-electron chi connectivity index (χ1n) is 5.85. The topological polar surface area (TPSA) is 66.4 Å². The lowest BCUT2D eigenvalue weighted by atomic mass is 10.2. The molecule has 2 N–H and O–H groups in total. The quantitative estimate of drug-likeness (QED) is 0.888. The summed E-state index contributed by atoms with van der Waals surface area (Å²) in [4.78, 5) is 0.268. The molecule has 4 nitrogen and oxygen atoms in total. The van der Waals surface area contributed by atoms with E-state index in [-0.39, 0.29) is 17.0 Å². The number of rotatable bonds is 3. The SMILES string of the molecule is Cc1cc(S(=O)(=O)N[C@@H]2CC[C@H](O)C2)ccc1Br. The molecule has 0 aromatic heterocycles. The number of nitrogens with one attached hydrogen (secondary N) is 1. The fourth-order valence-electron chi connectivity index (χ4n) is 2.14. The average molecular weight is 334 g/mol. The minimum absolute atomic E-state index is 0.158. The molecule has 1 fully saturated rings. The van der Waals surface area contributed by atoms with Gasteiger partial charge in [-0.1, -0.05) is 15.9 Å². The van der Waals surface area contributed by atoms with Crippen LogP contribution in [0.15, 0.2) is 27.6 Å². The number of hydrogen-bond acceptors (Lipinski definition) is 3. The minimum Gasteiger partial charge on any atom is -0.393 e. The van der Waals surface area contributed by atoms with Gasteiger partial charge in [-0.2, -0.15) is 0 Å². The maximum Gasteiger partial charge on any atom is 0.240 e. The maximum absolute atomic E-state index is 12.2. The van der Waals surface area contributed by atoms with Crippen molar-refractivity contribution in [2.75, 3.05) is 0 Å². The highest BCUT2D eigenvalue weighted by Gasteiger charge is 2.27. The van der Waals surface area contributed by atoms with Gasteiger partial charge in [0, 0.05) is 10.5 Å². The Morgan fingerprint density at radius 3 is 2.67 bits per heavy atom. The van der Waals surface area contributed by atoms with E-state index in [1.807, 2.05) is 6.92 Å². The van der Waals surface area contributed by atoms with Crippen molar-refractivity contribution in [2.24, 2.45) is 0 Å². The Hall–Kier alpha value is -0.430. The zero-order valence-electron chi connectivity index (χ0n) is 10.1. The normalized spacial score (nSPS) is 24.4. The van der Waals surface area contributed by atoms with Crippen LogP contribution >= 0.6 is 15.9 Å². The number of halogens is 1. The smallest absolute Gasteiger partial charge is 0.240 e. The first-order valence-corrected chi connectivity index (χ1v) is 8.12. The maximum atomic E-state index is 12.2. The number of aryl methyl sites for hydroxylation is 1. The van der Waals surface area contributed by atoms with E-state index in [4.69, 9.17) is 0 Å². The van der Waals surface area contributed by atoms with Crippen molar-refractivity contribution in [3.63, 3.8) is 0 Å². The summed E-state index contributed by atoms with van der Waals surface area (Å²) in [5.41, 5.74) is 0.879. The van der Waals surface area contributed by atoms with Crippen LogP contribution in [0.2, 0.25) is 0 Å². The number of aliphatic hydroxyl groups is 1. The molecule has 0 heterocycles. The van der Waals surface area contributed by atoms with Gasteiger partial charge < -0.3 is 5.11 Å². The van der Waals surface area contributed by atoms with Gasteiger partial charge in [-0.25, -0.2) is 13.1 Å². The Morgan fingerprint density at radius 1 is 1.39 bits per heavy atom. The third kappa shape index (κ3) is 3.12. The van der Waals surface area contributed by atoms with Gasteiger partial charge in [0.05, 0.1) is 11.0 Å². The highest BCUT2D eigenvalue weighted by molar-refractivity contribution is 9.10. The molecule has 0 radical (unpaired) electrons. The summed E-state index contributed by atoms with van der Waals surface area (Å²) < 4.78 is 27.8. The third-order valence-electron chi connectivity index (χ3n) is 3.17. The third-order valence-corrected chi connectivity index (χ3v) is 5.57. The molecule has 2 atom stereocenters. The lowest BCUT2D eigenvalue weighted by Gasteiger charge is -2.13. The highest BCUT2D eigenvalue weighted by Crippen LogP contribution is 2.23. The van der Waals surface area contributed by atoms with E-state index in [0.29, 0.717) is 19.3 Å². The molecule has 2 rings (SSSR count). The van der Waals surface area contributed by atoms with Crippen LogP contribution in [0.5, 0.6) is 0 Å². The van der Waals surface area contributed by atoms with Gasteiger partial charge >= 0.3 is 0 Å². The van der Waals surface area contributed by atoms with E-state index in [9.17, 15) is 13.5 Å². The molecule has 1 aliphatic rings. The van der Waals surface area contributed by atoms with Crippen LogP contribution in [0.25, 0.3) is 0 Å². The second-order valence-corrected chi connectivity index (χ2v) is 7.26.